The van der Waals surface area contributed by atoms with Gasteiger partial charge in [0.1, 0.15) is 0 Å². The standard InChI is InChI=1S/C17H16N2O6S/c1-11(20)18-13-6-8-14(9-7-13)26(23,24)19-15-5-3-2-4-12(15)10-16(19)25-17(21)22/h2-9,16H,10H2,1H3,(H,18,20)(H,21,22)/t16-/m1/s1. The van der Waals surface area contributed by atoms with Gasteiger partial charge in [0.2, 0.25) is 5.91 Å². The first-order valence-corrected chi connectivity index (χ1v) is 9.12. The van der Waals surface area contributed by atoms with E-state index < -0.39 is 22.4 Å². The minimum Gasteiger partial charge on any atom is -0.450 e. The average molecular weight is 376 g/mol. The Bertz CT molecular complexity index is 955. The normalized spacial score (nSPS) is 16.0. The van der Waals surface area contributed by atoms with Gasteiger partial charge in [-0.15, -0.1) is 0 Å². The molecule has 0 radical (unpaired) electrons. The fraction of sp³-hybridized carbons (Fsp3) is 0.176. The summed E-state index contributed by atoms with van der Waals surface area (Å²) in [5.74, 6) is -0.274. The number of carboxylic acid groups (broad SMARTS) is 1. The van der Waals surface area contributed by atoms with Crippen LogP contribution >= 0.6 is 0 Å². The van der Waals surface area contributed by atoms with Crippen molar-refractivity contribution in [2.75, 3.05) is 9.62 Å². The van der Waals surface area contributed by atoms with Crippen molar-refractivity contribution in [2.45, 2.75) is 24.5 Å². The third-order valence-electron chi connectivity index (χ3n) is 3.85. The number of benzene rings is 2. The smallest absolute Gasteiger partial charge is 0.450 e. The number of fused-ring (bicyclic) bond motifs is 1. The Labute approximate surface area is 150 Å². The van der Waals surface area contributed by atoms with Gasteiger partial charge in [0.25, 0.3) is 10.0 Å². The van der Waals surface area contributed by atoms with Gasteiger partial charge in [-0.1, -0.05) is 18.2 Å². The van der Waals surface area contributed by atoms with E-state index >= 15 is 0 Å². The molecule has 0 aliphatic carbocycles. The molecule has 2 aromatic rings. The number of carbonyl (C=O) groups excluding carboxylic acids is 1. The second-order valence-corrected chi connectivity index (χ2v) is 7.49. The quantitative estimate of drug-likeness (QED) is 0.793. The molecule has 0 saturated carbocycles. The molecule has 3 rings (SSSR count). The zero-order valence-corrected chi connectivity index (χ0v) is 14.6. The molecule has 9 heteroatoms. The SMILES string of the molecule is CC(=O)Nc1ccc(S(=O)(=O)N2c3ccccc3C[C@H]2OC(=O)O)cc1. The lowest BCUT2D eigenvalue weighted by Gasteiger charge is -2.25. The van der Waals surface area contributed by atoms with E-state index in [2.05, 4.69) is 5.32 Å². The van der Waals surface area contributed by atoms with Crippen LogP contribution in [0.2, 0.25) is 0 Å². The highest BCUT2D eigenvalue weighted by molar-refractivity contribution is 7.92. The van der Waals surface area contributed by atoms with E-state index in [1.165, 1.54) is 31.2 Å². The van der Waals surface area contributed by atoms with Crippen LogP contribution in [0.25, 0.3) is 0 Å². The maximum Gasteiger partial charge on any atom is 0.507 e. The first-order chi connectivity index (χ1) is 12.3. The number of rotatable bonds is 4. The van der Waals surface area contributed by atoms with Crippen LogP contribution in [0.3, 0.4) is 0 Å². The van der Waals surface area contributed by atoms with E-state index in [9.17, 15) is 18.0 Å². The van der Waals surface area contributed by atoms with Crippen LogP contribution in [0.4, 0.5) is 16.2 Å². The number of amides is 1. The summed E-state index contributed by atoms with van der Waals surface area (Å²) in [5.41, 5.74) is 1.51. The van der Waals surface area contributed by atoms with Crippen LogP contribution in [-0.4, -0.2) is 31.8 Å². The minimum atomic E-state index is -4.06. The summed E-state index contributed by atoms with van der Waals surface area (Å²) >= 11 is 0. The van der Waals surface area contributed by atoms with Gasteiger partial charge < -0.3 is 15.2 Å². The molecule has 0 saturated heterocycles. The lowest BCUT2D eigenvalue weighted by Crippen LogP contribution is -2.40. The summed E-state index contributed by atoms with van der Waals surface area (Å²) < 4.78 is 31.9. The number of anilines is 2. The van der Waals surface area contributed by atoms with Crippen LogP contribution in [0.15, 0.2) is 53.4 Å². The van der Waals surface area contributed by atoms with Crippen molar-refractivity contribution >= 4 is 33.5 Å². The zero-order valence-electron chi connectivity index (χ0n) is 13.7. The van der Waals surface area contributed by atoms with Gasteiger partial charge in [-0.3, -0.25) is 4.79 Å². The number of para-hydroxylation sites is 1. The zero-order chi connectivity index (χ0) is 18.9. The molecule has 1 aliphatic rings. The lowest BCUT2D eigenvalue weighted by molar-refractivity contribution is -0.114. The Kier molecular flexibility index (Phi) is 4.56. The van der Waals surface area contributed by atoms with Gasteiger partial charge in [-0.25, -0.2) is 17.5 Å². The van der Waals surface area contributed by atoms with Crippen molar-refractivity contribution in [1.82, 2.24) is 0 Å². The van der Waals surface area contributed by atoms with E-state index in [1.54, 1.807) is 24.3 Å². The molecular weight excluding hydrogens is 360 g/mol. The number of nitrogens with one attached hydrogen (secondary N) is 1. The van der Waals surface area contributed by atoms with E-state index in [4.69, 9.17) is 9.84 Å². The summed E-state index contributed by atoms with van der Waals surface area (Å²) in [5, 5.41) is 11.5. The molecule has 26 heavy (non-hydrogen) atoms. The topological polar surface area (TPSA) is 113 Å². The van der Waals surface area contributed by atoms with E-state index in [1.807, 2.05) is 0 Å². The monoisotopic (exact) mass is 376 g/mol. The number of ether oxygens (including phenoxy) is 1. The van der Waals surface area contributed by atoms with E-state index in [0.717, 1.165) is 4.31 Å². The van der Waals surface area contributed by atoms with Crippen LogP contribution in [0.5, 0.6) is 0 Å². The Morgan fingerprint density at radius 3 is 2.42 bits per heavy atom. The molecule has 0 bridgehead atoms. The molecule has 2 N–H and O–H groups in total. The number of sulfonamides is 1. The molecule has 0 spiro atoms. The molecule has 1 aliphatic heterocycles. The first kappa shape index (κ1) is 17.7. The minimum absolute atomic E-state index is 0.0395. The second-order valence-electron chi connectivity index (χ2n) is 5.68. The lowest BCUT2D eigenvalue weighted by atomic mass is 10.2. The first-order valence-electron chi connectivity index (χ1n) is 7.68. The van der Waals surface area contributed by atoms with Crippen molar-refractivity contribution in [2.24, 2.45) is 0 Å². The summed E-state index contributed by atoms with van der Waals surface area (Å²) in [6, 6.07) is 12.4. The maximum atomic E-state index is 13.1. The van der Waals surface area contributed by atoms with Crippen molar-refractivity contribution in [3.05, 3.63) is 54.1 Å². The molecule has 136 valence electrons. The summed E-state index contributed by atoms with van der Waals surface area (Å²) in [6.45, 7) is 1.35. The molecule has 1 amide bonds. The highest BCUT2D eigenvalue weighted by atomic mass is 32.2. The predicted octanol–water partition coefficient (Wildman–Crippen LogP) is 2.42. The highest BCUT2D eigenvalue weighted by Gasteiger charge is 2.40. The molecule has 1 atom stereocenters. The van der Waals surface area contributed by atoms with Gasteiger partial charge in [0.05, 0.1) is 10.6 Å². The number of hydrogen-bond acceptors (Lipinski definition) is 5. The third kappa shape index (κ3) is 3.33. The largest absolute Gasteiger partial charge is 0.507 e. The van der Waals surface area contributed by atoms with Gasteiger partial charge in [0, 0.05) is 19.0 Å². The Balaban J connectivity index is 2.00. The number of carbonyl (C=O) groups is 2. The van der Waals surface area contributed by atoms with Crippen LogP contribution in [-0.2, 0) is 26.0 Å². The van der Waals surface area contributed by atoms with Crippen molar-refractivity contribution in [3.8, 4) is 0 Å². The Morgan fingerprint density at radius 1 is 1.15 bits per heavy atom. The average Bonchev–Trinajstić information content (AvgIpc) is 2.92. The maximum absolute atomic E-state index is 13.1. The third-order valence-corrected chi connectivity index (χ3v) is 5.67. The fourth-order valence-electron chi connectivity index (χ4n) is 2.84. The predicted molar refractivity (Wildman–Crippen MR) is 93.5 cm³/mol. The van der Waals surface area contributed by atoms with Gasteiger partial charge >= 0.3 is 6.16 Å². The highest BCUT2D eigenvalue weighted by Crippen LogP contribution is 2.37. The summed E-state index contributed by atoms with van der Waals surface area (Å²) in [7, 11) is -4.06. The van der Waals surface area contributed by atoms with Gasteiger partial charge in [-0.05, 0) is 35.9 Å². The Morgan fingerprint density at radius 2 is 1.81 bits per heavy atom. The van der Waals surface area contributed by atoms with E-state index in [-0.39, 0.29) is 17.2 Å². The molecule has 0 aromatic heterocycles. The molecule has 0 fully saturated rings. The molecule has 8 nitrogen and oxygen atoms in total. The van der Waals surface area contributed by atoms with Gasteiger partial charge in [0.15, 0.2) is 6.23 Å². The summed E-state index contributed by atoms with van der Waals surface area (Å²) in [6.07, 6.45) is -2.60. The number of hydrogen-bond donors (Lipinski definition) is 2. The molecule has 0 unspecified atom stereocenters. The van der Waals surface area contributed by atoms with Crippen molar-refractivity contribution in [3.63, 3.8) is 0 Å². The fourth-order valence-corrected chi connectivity index (χ4v) is 4.41. The van der Waals surface area contributed by atoms with E-state index in [0.29, 0.717) is 16.9 Å². The van der Waals surface area contributed by atoms with Crippen LogP contribution in [0, 0.1) is 0 Å². The van der Waals surface area contributed by atoms with Crippen LogP contribution in [0.1, 0.15) is 12.5 Å². The van der Waals surface area contributed by atoms with Gasteiger partial charge in [-0.2, -0.15) is 0 Å². The second kappa shape index (κ2) is 6.68. The molecular formula is C17H16N2O6S. The van der Waals surface area contributed by atoms with Crippen molar-refractivity contribution < 1.29 is 27.9 Å². The Hall–Kier alpha value is -3.07. The van der Waals surface area contributed by atoms with Crippen molar-refractivity contribution in [1.29, 1.82) is 0 Å². The molecule has 1 heterocycles. The number of nitrogens with zero attached hydrogens (tertiary/aromatic N) is 1. The van der Waals surface area contributed by atoms with Crippen LogP contribution < -0.4 is 9.62 Å². The molecule has 2 aromatic carbocycles. The summed E-state index contributed by atoms with van der Waals surface area (Å²) in [4.78, 5) is 22.0.